The van der Waals surface area contributed by atoms with Gasteiger partial charge in [0.1, 0.15) is 0 Å². The van der Waals surface area contributed by atoms with Gasteiger partial charge in [0.15, 0.2) is 0 Å². The van der Waals surface area contributed by atoms with Crippen molar-refractivity contribution in [2.24, 2.45) is 16.7 Å². The maximum absolute atomic E-state index is 9.92. The van der Waals surface area contributed by atoms with E-state index in [2.05, 4.69) is 13.8 Å². The zero-order valence-electron chi connectivity index (χ0n) is 7.81. The first-order chi connectivity index (χ1) is 5.54. The Kier molecular flexibility index (Phi) is 1.76. The number of fused-ring (bicyclic) bond motifs is 2. The fourth-order valence-electron chi connectivity index (χ4n) is 3.35. The Morgan fingerprint density at radius 1 is 1.50 bits per heavy atom. The molecule has 2 rings (SSSR count). The first-order valence-electron chi connectivity index (χ1n) is 4.78. The molecular weight excluding hydrogens is 172 g/mol. The SMILES string of the molecule is CC1(C)[C@H]2CC[C@]1(CCl)[C@@H](O)C2. The van der Waals surface area contributed by atoms with Crippen LogP contribution in [-0.2, 0) is 0 Å². The molecule has 3 atom stereocenters. The first kappa shape index (κ1) is 8.83. The number of alkyl halides is 1. The zero-order valence-corrected chi connectivity index (χ0v) is 8.56. The summed E-state index contributed by atoms with van der Waals surface area (Å²) in [7, 11) is 0. The highest BCUT2D eigenvalue weighted by molar-refractivity contribution is 6.18. The van der Waals surface area contributed by atoms with Crippen LogP contribution in [0, 0.1) is 16.7 Å². The summed E-state index contributed by atoms with van der Waals surface area (Å²) >= 11 is 6.01. The van der Waals surface area contributed by atoms with Crippen molar-refractivity contribution in [1.82, 2.24) is 0 Å². The van der Waals surface area contributed by atoms with Crippen LogP contribution in [0.1, 0.15) is 33.1 Å². The normalized spacial score (nSPS) is 50.0. The Labute approximate surface area is 79.1 Å². The third-order valence-electron chi connectivity index (χ3n) is 4.63. The van der Waals surface area contributed by atoms with Gasteiger partial charge < -0.3 is 5.11 Å². The third kappa shape index (κ3) is 0.748. The van der Waals surface area contributed by atoms with E-state index in [9.17, 15) is 5.11 Å². The zero-order chi connectivity index (χ0) is 8.98. The highest BCUT2D eigenvalue weighted by atomic mass is 35.5. The molecule has 0 saturated heterocycles. The minimum atomic E-state index is -0.149. The fraction of sp³-hybridized carbons (Fsp3) is 1.00. The minimum absolute atomic E-state index is 0.0270. The van der Waals surface area contributed by atoms with Crippen LogP contribution in [0.25, 0.3) is 0 Å². The lowest BCUT2D eigenvalue weighted by atomic mass is 9.70. The average Bonchev–Trinajstić information content (AvgIpc) is 2.36. The van der Waals surface area contributed by atoms with Crippen molar-refractivity contribution in [3.05, 3.63) is 0 Å². The molecule has 2 saturated carbocycles. The second kappa shape index (κ2) is 2.39. The molecule has 2 bridgehead atoms. The average molecular weight is 189 g/mol. The van der Waals surface area contributed by atoms with Gasteiger partial charge in [-0.15, -0.1) is 11.6 Å². The van der Waals surface area contributed by atoms with Gasteiger partial charge in [0.25, 0.3) is 0 Å². The lowest BCUT2D eigenvalue weighted by molar-refractivity contribution is 0.0157. The summed E-state index contributed by atoms with van der Waals surface area (Å²) in [6, 6.07) is 0. The molecule has 1 nitrogen and oxygen atoms in total. The molecule has 2 heteroatoms. The van der Waals surface area contributed by atoms with Crippen LogP contribution in [0.15, 0.2) is 0 Å². The Morgan fingerprint density at radius 2 is 2.17 bits per heavy atom. The van der Waals surface area contributed by atoms with Crippen LogP contribution in [0.5, 0.6) is 0 Å². The lowest BCUT2D eigenvalue weighted by Crippen LogP contribution is -2.40. The van der Waals surface area contributed by atoms with Gasteiger partial charge in [-0.1, -0.05) is 13.8 Å². The molecule has 0 radical (unpaired) electrons. The maximum Gasteiger partial charge on any atom is 0.0615 e. The molecule has 0 amide bonds. The molecular formula is C10H17ClO. The Hall–Kier alpha value is 0.250. The van der Waals surface area contributed by atoms with Gasteiger partial charge in [-0.25, -0.2) is 0 Å². The molecule has 0 aliphatic heterocycles. The van der Waals surface area contributed by atoms with Crippen LogP contribution in [-0.4, -0.2) is 17.1 Å². The molecule has 0 aromatic rings. The van der Waals surface area contributed by atoms with Crippen molar-refractivity contribution in [3.63, 3.8) is 0 Å². The summed E-state index contributed by atoms with van der Waals surface area (Å²) in [5.41, 5.74) is 0.285. The summed E-state index contributed by atoms with van der Waals surface area (Å²) in [5, 5.41) is 9.92. The maximum atomic E-state index is 9.92. The predicted octanol–water partition coefficient (Wildman–Crippen LogP) is 2.41. The van der Waals surface area contributed by atoms with E-state index in [4.69, 9.17) is 11.6 Å². The largest absolute Gasteiger partial charge is 0.392 e. The van der Waals surface area contributed by atoms with Crippen LogP contribution < -0.4 is 0 Å². The third-order valence-corrected chi connectivity index (χ3v) is 5.10. The summed E-state index contributed by atoms with van der Waals surface area (Å²) in [4.78, 5) is 0. The van der Waals surface area contributed by atoms with E-state index < -0.39 is 0 Å². The van der Waals surface area contributed by atoms with Crippen molar-refractivity contribution >= 4 is 11.6 Å². The molecule has 0 aromatic carbocycles. The van der Waals surface area contributed by atoms with Crippen LogP contribution >= 0.6 is 11.6 Å². The first-order valence-corrected chi connectivity index (χ1v) is 5.32. The topological polar surface area (TPSA) is 20.2 Å². The smallest absolute Gasteiger partial charge is 0.0615 e. The predicted molar refractivity (Wildman–Crippen MR) is 50.3 cm³/mol. The van der Waals surface area contributed by atoms with E-state index >= 15 is 0 Å². The van der Waals surface area contributed by atoms with E-state index in [-0.39, 0.29) is 16.9 Å². The molecule has 0 aromatic heterocycles. The molecule has 12 heavy (non-hydrogen) atoms. The van der Waals surface area contributed by atoms with Gasteiger partial charge in [-0.3, -0.25) is 0 Å². The summed E-state index contributed by atoms with van der Waals surface area (Å²) in [6.45, 7) is 4.53. The second-order valence-electron chi connectivity index (χ2n) is 5.00. The van der Waals surface area contributed by atoms with E-state index in [1.54, 1.807) is 0 Å². The molecule has 1 N–H and O–H groups in total. The highest BCUT2D eigenvalue weighted by Crippen LogP contribution is 2.65. The monoisotopic (exact) mass is 188 g/mol. The summed E-state index contributed by atoms with van der Waals surface area (Å²) in [6.07, 6.45) is 3.20. The second-order valence-corrected chi connectivity index (χ2v) is 5.27. The minimum Gasteiger partial charge on any atom is -0.392 e. The van der Waals surface area contributed by atoms with Gasteiger partial charge >= 0.3 is 0 Å². The highest BCUT2D eigenvalue weighted by Gasteiger charge is 2.63. The van der Waals surface area contributed by atoms with Crippen molar-refractivity contribution in [2.45, 2.75) is 39.2 Å². The molecule has 0 unspecified atom stereocenters. The van der Waals surface area contributed by atoms with E-state index in [0.29, 0.717) is 11.8 Å². The van der Waals surface area contributed by atoms with Crippen LogP contribution in [0.2, 0.25) is 0 Å². The Morgan fingerprint density at radius 3 is 2.42 bits per heavy atom. The van der Waals surface area contributed by atoms with Gasteiger partial charge in [0.05, 0.1) is 6.10 Å². The van der Waals surface area contributed by atoms with E-state index in [1.807, 2.05) is 0 Å². The van der Waals surface area contributed by atoms with Gasteiger partial charge in [-0.05, 0) is 30.6 Å². The number of aliphatic hydroxyl groups excluding tert-OH is 1. The van der Waals surface area contributed by atoms with Crippen molar-refractivity contribution < 1.29 is 5.11 Å². The molecule has 70 valence electrons. The van der Waals surface area contributed by atoms with Crippen LogP contribution in [0.4, 0.5) is 0 Å². The van der Waals surface area contributed by atoms with Gasteiger partial charge in [0, 0.05) is 11.3 Å². The molecule has 0 heterocycles. The summed E-state index contributed by atoms with van der Waals surface area (Å²) in [5.74, 6) is 1.32. The molecule has 0 spiro atoms. The van der Waals surface area contributed by atoms with Crippen molar-refractivity contribution in [2.75, 3.05) is 5.88 Å². The van der Waals surface area contributed by atoms with E-state index in [1.165, 1.54) is 6.42 Å². The number of aliphatic hydroxyl groups is 1. The Bertz CT molecular complexity index is 202. The Balaban J connectivity index is 2.39. The fourth-order valence-corrected chi connectivity index (χ4v) is 4.01. The van der Waals surface area contributed by atoms with E-state index in [0.717, 1.165) is 12.8 Å². The molecule has 2 aliphatic rings. The summed E-state index contributed by atoms with van der Waals surface area (Å²) < 4.78 is 0. The number of hydrogen-bond acceptors (Lipinski definition) is 1. The number of rotatable bonds is 1. The quantitative estimate of drug-likeness (QED) is 0.627. The number of halogens is 1. The molecule has 2 aliphatic carbocycles. The lowest BCUT2D eigenvalue weighted by Gasteiger charge is -2.38. The van der Waals surface area contributed by atoms with Crippen molar-refractivity contribution in [1.29, 1.82) is 0 Å². The van der Waals surface area contributed by atoms with Gasteiger partial charge in [0.2, 0.25) is 0 Å². The van der Waals surface area contributed by atoms with Gasteiger partial charge in [-0.2, -0.15) is 0 Å². The van der Waals surface area contributed by atoms with Crippen molar-refractivity contribution in [3.8, 4) is 0 Å². The number of hydrogen-bond donors (Lipinski definition) is 1. The standard InChI is InChI=1S/C10H17ClO/c1-9(2)7-3-4-10(9,6-11)8(12)5-7/h7-8,12H,3-6H2,1-2H3/t7-,8-,10-/m0/s1. The van der Waals surface area contributed by atoms with Crippen LogP contribution in [0.3, 0.4) is 0 Å². The molecule has 2 fully saturated rings.